The maximum atomic E-state index is 9.27. The Bertz CT molecular complexity index is 177. The summed E-state index contributed by atoms with van der Waals surface area (Å²) in [7, 11) is 0. The first-order chi connectivity index (χ1) is 6.62. The van der Waals surface area contributed by atoms with Crippen LogP contribution in [0.3, 0.4) is 0 Å². The van der Waals surface area contributed by atoms with Crippen molar-refractivity contribution in [3.8, 4) is 0 Å². The summed E-state index contributed by atoms with van der Waals surface area (Å²) in [5.74, 6) is 0. The molecule has 0 saturated carbocycles. The fraction of sp³-hybridized carbons (Fsp3) is 1.00. The van der Waals surface area contributed by atoms with E-state index in [-0.39, 0.29) is 0 Å². The zero-order valence-corrected chi connectivity index (χ0v) is 10.5. The minimum Gasteiger partial charge on any atom is -0.323 e. The molecule has 0 heterocycles. The Morgan fingerprint density at radius 2 is 1.93 bits per heavy atom. The van der Waals surface area contributed by atoms with E-state index in [0.717, 1.165) is 12.8 Å². The van der Waals surface area contributed by atoms with Crippen LogP contribution in [0.2, 0.25) is 0 Å². The molecule has 0 radical (unpaired) electrons. The first kappa shape index (κ1) is 14.5. The molecular weight excluding hydrogens is 223 g/mol. The predicted octanol–water partition coefficient (Wildman–Crippen LogP) is 2.77. The maximum Gasteiger partial charge on any atom is 0.353 e. The topological polar surface area (TPSA) is 47.9 Å². The summed E-state index contributed by atoms with van der Waals surface area (Å²) in [5.41, 5.74) is 0. The van der Waals surface area contributed by atoms with Gasteiger partial charge in [0.1, 0.15) is 0 Å². The van der Waals surface area contributed by atoms with Crippen LogP contribution < -0.4 is 0 Å². The molecule has 0 bridgehead atoms. The predicted molar refractivity (Wildman–Crippen MR) is 59.3 cm³/mol. The lowest BCUT2D eigenvalue weighted by molar-refractivity contribution is -0.216. The average Bonchev–Trinajstić information content (AvgIpc) is 2.11. The van der Waals surface area contributed by atoms with Gasteiger partial charge in [0, 0.05) is 0 Å². The zero-order valence-electron chi connectivity index (χ0n) is 8.77. The Morgan fingerprint density at radius 1 is 1.21 bits per heavy atom. The van der Waals surface area contributed by atoms with Gasteiger partial charge < -0.3 is 9.42 Å². The zero-order chi connectivity index (χ0) is 10.9. The van der Waals surface area contributed by atoms with E-state index in [1.807, 2.05) is 0 Å². The van der Waals surface area contributed by atoms with E-state index in [4.69, 9.17) is 9.41 Å². The molecule has 1 atom stereocenters. The summed E-state index contributed by atoms with van der Waals surface area (Å²) in [4.78, 5) is 14.0. The molecule has 6 heteroatoms. The van der Waals surface area contributed by atoms with Crippen LogP contribution in [-0.4, -0.2) is 18.1 Å². The third kappa shape index (κ3) is 9.06. The van der Waals surface area contributed by atoms with Gasteiger partial charge in [-0.2, -0.15) is 0 Å². The molecule has 0 amide bonds. The summed E-state index contributed by atoms with van der Waals surface area (Å²) in [6, 6.07) is 0. The average molecular weight is 242 g/mol. The fourth-order valence-electron chi connectivity index (χ4n) is 0.876. The summed E-state index contributed by atoms with van der Waals surface area (Å²) in [5, 5.41) is 0. The Hall–Kier alpha value is 0.490. The highest BCUT2D eigenvalue weighted by atomic mass is 32.5. The van der Waals surface area contributed by atoms with Gasteiger partial charge in [-0.3, -0.25) is 0 Å². The molecule has 0 aliphatic heterocycles. The third-order valence-electron chi connectivity index (χ3n) is 1.52. The first-order valence-corrected chi connectivity index (χ1v) is 7.50. The molecule has 0 saturated heterocycles. The summed E-state index contributed by atoms with van der Waals surface area (Å²) in [6.45, 7) is 1.52. The molecule has 0 aromatic carbocycles. The van der Waals surface area contributed by atoms with E-state index in [9.17, 15) is 4.89 Å². The Morgan fingerprint density at radius 3 is 2.50 bits per heavy atom. The number of hydrogen-bond acceptors (Lipinski definition) is 4. The third-order valence-corrected chi connectivity index (χ3v) is 2.90. The van der Waals surface area contributed by atoms with Crippen LogP contribution in [0.5, 0.6) is 0 Å². The van der Waals surface area contributed by atoms with Gasteiger partial charge in [0.05, 0.1) is 13.2 Å². The Kier molecular flexibility index (Phi) is 9.08. The summed E-state index contributed by atoms with van der Waals surface area (Å²) >= 11 is 4.64. The summed E-state index contributed by atoms with van der Waals surface area (Å²) in [6.07, 6.45) is 4.37. The Balaban J connectivity index is 3.30. The smallest absolute Gasteiger partial charge is 0.323 e. The second-order valence-corrected chi connectivity index (χ2v) is 5.57. The van der Waals surface area contributed by atoms with E-state index < -0.39 is 6.72 Å². The van der Waals surface area contributed by atoms with Crippen molar-refractivity contribution in [3.05, 3.63) is 0 Å². The normalized spacial score (nSPS) is 15.4. The van der Waals surface area contributed by atoms with Gasteiger partial charge in [0.15, 0.2) is 0 Å². The van der Waals surface area contributed by atoms with E-state index in [2.05, 4.69) is 23.4 Å². The van der Waals surface area contributed by atoms with Crippen molar-refractivity contribution < 1.29 is 19.0 Å². The molecule has 0 aliphatic carbocycles. The minimum absolute atomic E-state index is 0.326. The largest absolute Gasteiger partial charge is 0.353 e. The van der Waals surface area contributed by atoms with Gasteiger partial charge in [-0.05, 0) is 25.2 Å². The second-order valence-electron chi connectivity index (χ2n) is 2.84. The van der Waals surface area contributed by atoms with Crippen LogP contribution in [0.15, 0.2) is 0 Å². The van der Waals surface area contributed by atoms with Crippen molar-refractivity contribution in [1.82, 2.24) is 0 Å². The maximum absolute atomic E-state index is 9.27. The monoisotopic (exact) mass is 242 g/mol. The molecule has 0 aliphatic rings. The van der Waals surface area contributed by atoms with Crippen LogP contribution in [0.1, 0.15) is 39.5 Å². The van der Waals surface area contributed by atoms with Gasteiger partial charge in [-0.15, -0.1) is 4.67 Å². The van der Waals surface area contributed by atoms with Crippen LogP contribution in [0.25, 0.3) is 0 Å². The number of hydrogen-bond donors (Lipinski definition) is 1. The first-order valence-electron chi connectivity index (χ1n) is 4.91. The van der Waals surface area contributed by atoms with Crippen LogP contribution in [0.4, 0.5) is 0 Å². The van der Waals surface area contributed by atoms with Crippen molar-refractivity contribution in [2.45, 2.75) is 39.5 Å². The summed E-state index contributed by atoms with van der Waals surface area (Å²) < 4.78 is 9.40. The van der Waals surface area contributed by atoms with E-state index in [1.165, 1.54) is 12.8 Å². The molecule has 0 spiro atoms. The molecule has 0 rings (SSSR count). The number of unbranched alkanes of at least 4 members (excludes halogenated alkanes) is 3. The minimum atomic E-state index is -3.14. The standard InChI is InChI=1S/C8H19O4PS/c1-3-5-6-7-8-10-12-13(9,14)11-4-2/h3-8H2,1-2H3,(H,9,14). The van der Waals surface area contributed by atoms with Crippen LogP contribution in [-0.2, 0) is 25.9 Å². The lowest BCUT2D eigenvalue weighted by atomic mass is 10.2. The van der Waals surface area contributed by atoms with Crippen LogP contribution >= 0.6 is 6.72 Å². The van der Waals surface area contributed by atoms with E-state index in [1.54, 1.807) is 6.92 Å². The van der Waals surface area contributed by atoms with E-state index >= 15 is 0 Å². The lowest BCUT2D eigenvalue weighted by Crippen LogP contribution is -1.98. The van der Waals surface area contributed by atoms with Gasteiger partial charge in [-0.1, -0.05) is 26.2 Å². The van der Waals surface area contributed by atoms with Crippen molar-refractivity contribution in [1.29, 1.82) is 0 Å². The molecular formula is C8H19O4PS. The quantitative estimate of drug-likeness (QED) is 0.291. The SMILES string of the molecule is CCCCCCOOP(O)(=S)OCC. The molecule has 0 aromatic rings. The van der Waals surface area contributed by atoms with E-state index in [0.29, 0.717) is 13.2 Å². The van der Waals surface area contributed by atoms with Crippen LogP contribution in [0, 0.1) is 0 Å². The fourth-order valence-corrected chi connectivity index (χ4v) is 1.90. The van der Waals surface area contributed by atoms with Gasteiger partial charge >= 0.3 is 6.72 Å². The Labute approximate surface area is 90.7 Å². The molecule has 1 N–H and O–H groups in total. The molecule has 0 aromatic heterocycles. The second kappa shape index (κ2) is 8.77. The molecule has 14 heavy (non-hydrogen) atoms. The van der Waals surface area contributed by atoms with Crippen molar-refractivity contribution >= 4 is 18.5 Å². The van der Waals surface area contributed by atoms with Crippen molar-refractivity contribution in [3.63, 3.8) is 0 Å². The molecule has 1 unspecified atom stereocenters. The molecule has 0 fully saturated rings. The molecule has 4 nitrogen and oxygen atoms in total. The highest BCUT2D eigenvalue weighted by Gasteiger charge is 2.14. The highest BCUT2D eigenvalue weighted by molar-refractivity contribution is 8.07. The highest BCUT2D eigenvalue weighted by Crippen LogP contribution is 2.43. The van der Waals surface area contributed by atoms with Gasteiger partial charge in [0.25, 0.3) is 0 Å². The van der Waals surface area contributed by atoms with Crippen molar-refractivity contribution in [2.24, 2.45) is 0 Å². The van der Waals surface area contributed by atoms with Gasteiger partial charge in [0.2, 0.25) is 0 Å². The lowest BCUT2D eigenvalue weighted by Gasteiger charge is -2.12. The van der Waals surface area contributed by atoms with Crippen molar-refractivity contribution in [2.75, 3.05) is 13.2 Å². The number of rotatable bonds is 9. The molecule has 86 valence electrons. The van der Waals surface area contributed by atoms with Gasteiger partial charge in [-0.25, -0.2) is 4.89 Å².